The molecule has 1 aliphatic carbocycles. The molecule has 0 unspecified atom stereocenters. The molecule has 25 heavy (non-hydrogen) atoms. The molecule has 1 aromatic heterocycles. The lowest BCUT2D eigenvalue weighted by molar-refractivity contribution is -0.119. The number of aromatic nitrogens is 2. The number of carbonyl (C=O) groups is 1. The largest absolute Gasteiger partial charge is 0.352 e. The highest BCUT2D eigenvalue weighted by molar-refractivity contribution is 7.99. The van der Waals surface area contributed by atoms with E-state index in [1.54, 1.807) is 6.20 Å². The molecule has 0 aliphatic heterocycles. The van der Waals surface area contributed by atoms with Crippen molar-refractivity contribution in [3.63, 3.8) is 0 Å². The molecule has 0 spiro atoms. The first-order valence-corrected chi connectivity index (χ1v) is 10.1. The molecule has 1 aliphatic rings. The zero-order valence-corrected chi connectivity index (χ0v) is 16.1. The third-order valence-corrected chi connectivity index (χ3v) is 5.98. The maximum absolute atomic E-state index is 12.3. The fraction of sp³-hybridized carbons (Fsp3) is 0.500. The van der Waals surface area contributed by atoms with E-state index in [1.165, 1.54) is 42.2 Å². The van der Waals surface area contributed by atoms with Gasteiger partial charge in [-0.15, -0.1) is 0 Å². The van der Waals surface area contributed by atoms with Crippen LogP contribution >= 0.6 is 11.8 Å². The average Bonchev–Trinajstić information content (AvgIpc) is 3.03. The van der Waals surface area contributed by atoms with E-state index in [1.807, 2.05) is 6.20 Å². The number of amides is 1. The summed E-state index contributed by atoms with van der Waals surface area (Å²) in [6, 6.07) is 6.72. The third-order valence-electron chi connectivity index (χ3n) is 5.01. The highest BCUT2D eigenvalue weighted by Crippen LogP contribution is 2.25. The highest BCUT2D eigenvalue weighted by atomic mass is 32.2. The zero-order valence-electron chi connectivity index (χ0n) is 15.3. The Labute approximate surface area is 154 Å². The van der Waals surface area contributed by atoms with Gasteiger partial charge in [0.05, 0.1) is 11.4 Å². The molecule has 134 valence electrons. The second-order valence-electron chi connectivity index (χ2n) is 7.09. The molecule has 1 heterocycles. The molecule has 0 bridgehead atoms. The molecule has 0 radical (unpaired) electrons. The number of nitrogens with zero attached hydrogens (tertiary/aromatic N) is 2. The van der Waals surface area contributed by atoms with E-state index < -0.39 is 0 Å². The fourth-order valence-corrected chi connectivity index (χ4v) is 4.34. The molecule has 4 nitrogen and oxygen atoms in total. The Bertz CT molecular complexity index is 740. The van der Waals surface area contributed by atoms with Crippen molar-refractivity contribution in [3.05, 3.63) is 41.7 Å². The Morgan fingerprint density at radius 1 is 1.32 bits per heavy atom. The number of carbonyl (C=O) groups excluding carboxylic acids is 1. The Balaban J connectivity index is 1.62. The summed E-state index contributed by atoms with van der Waals surface area (Å²) in [4.78, 5) is 16.8. The Hall–Kier alpha value is -1.75. The van der Waals surface area contributed by atoms with Crippen molar-refractivity contribution in [2.24, 2.45) is 5.92 Å². The monoisotopic (exact) mass is 357 g/mol. The lowest BCUT2D eigenvalue weighted by Gasteiger charge is -2.29. The van der Waals surface area contributed by atoms with Crippen molar-refractivity contribution in [2.75, 3.05) is 5.75 Å². The second kappa shape index (κ2) is 8.09. The van der Waals surface area contributed by atoms with Crippen LogP contribution in [0.5, 0.6) is 0 Å². The minimum Gasteiger partial charge on any atom is -0.352 e. The summed E-state index contributed by atoms with van der Waals surface area (Å²) in [6.07, 6.45) is 8.59. The first kappa shape index (κ1) is 18.1. The maximum Gasteiger partial charge on any atom is 0.230 e. The van der Waals surface area contributed by atoms with Crippen LogP contribution < -0.4 is 5.32 Å². The summed E-state index contributed by atoms with van der Waals surface area (Å²) < 4.78 is 2.07. The molecule has 0 saturated heterocycles. The predicted molar refractivity (Wildman–Crippen MR) is 103 cm³/mol. The number of imidazole rings is 1. The number of aryl methyl sites for hydroxylation is 2. The van der Waals surface area contributed by atoms with Crippen LogP contribution in [0, 0.1) is 19.8 Å². The third kappa shape index (κ3) is 4.46. The van der Waals surface area contributed by atoms with Gasteiger partial charge in [0.25, 0.3) is 0 Å². The van der Waals surface area contributed by atoms with Crippen LogP contribution in [0.2, 0.25) is 0 Å². The molecule has 2 atom stereocenters. The van der Waals surface area contributed by atoms with E-state index in [4.69, 9.17) is 0 Å². The molecule has 1 fully saturated rings. The van der Waals surface area contributed by atoms with E-state index >= 15 is 0 Å². The summed E-state index contributed by atoms with van der Waals surface area (Å²) in [7, 11) is 0. The molecule has 5 heteroatoms. The summed E-state index contributed by atoms with van der Waals surface area (Å²) in [5, 5.41) is 4.07. The van der Waals surface area contributed by atoms with Crippen LogP contribution in [0.1, 0.15) is 43.7 Å². The van der Waals surface area contributed by atoms with Gasteiger partial charge in [0.1, 0.15) is 0 Å². The molecule has 1 aromatic carbocycles. The van der Waals surface area contributed by atoms with Crippen molar-refractivity contribution >= 4 is 17.7 Å². The van der Waals surface area contributed by atoms with Gasteiger partial charge in [-0.25, -0.2) is 4.98 Å². The van der Waals surface area contributed by atoms with E-state index in [-0.39, 0.29) is 5.91 Å². The Morgan fingerprint density at radius 3 is 2.88 bits per heavy atom. The van der Waals surface area contributed by atoms with E-state index in [9.17, 15) is 4.79 Å². The van der Waals surface area contributed by atoms with Crippen LogP contribution in [-0.4, -0.2) is 27.3 Å². The number of benzene rings is 1. The van der Waals surface area contributed by atoms with Crippen LogP contribution in [0.4, 0.5) is 0 Å². The van der Waals surface area contributed by atoms with Gasteiger partial charge >= 0.3 is 0 Å². The lowest BCUT2D eigenvalue weighted by atomic mass is 9.86. The Morgan fingerprint density at radius 2 is 2.12 bits per heavy atom. The molecular weight excluding hydrogens is 330 g/mol. The van der Waals surface area contributed by atoms with Gasteiger partial charge in [0.2, 0.25) is 5.91 Å². The van der Waals surface area contributed by atoms with Crippen LogP contribution in [0.3, 0.4) is 0 Å². The molecule has 3 rings (SSSR count). The molecule has 2 aromatic rings. The van der Waals surface area contributed by atoms with Gasteiger partial charge in [-0.1, -0.05) is 49.2 Å². The van der Waals surface area contributed by atoms with Crippen LogP contribution in [0.25, 0.3) is 5.69 Å². The molecule has 1 saturated carbocycles. The van der Waals surface area contributed by atoms with Crippen LogP contribution in [0.15, 0.2) is 35.7 Å². The van der Waals surface area contributed by atoms with Crippen LogP contribution in [-0.2, 0) is 4.79 Å². The maximum atomic E-state index is 12.3. The molecule has 1 amide bonds. The van der Waals surface area contributed by atoms with E-state index in [0.29, 0.717) is 17.7 Å². The second-order valence-corrected chi connectivity index (χ2v) is 8.04. The predicted octanol–water partition coefficient (Wildman–Crippen LogP) is 4.28. The van der Waals surface area contributed by atoms with Gasteiger partial charge in [0.15, 0.2) is 5.16 Å². The van der Waals surface area contributed by atoms with E-state index in [2.05, 4.69) is 53.8 Å². The minimum absolute atomic E-state index is 0.110. The zero-order chi connectivity index (χ0) is 17.8. The number of nitrogens with one attached hydrogen (secondary N) is 1. The van der Waals surface area contributed by atoms with Gasteiger partial charge in [-0.2, -0.15) is 0 Å². The SMILES string of the molecule is Cc1ccc(-n2ccnc2SCC(=O)N[C@@H]2CCCC[C@H]2C)c(C)c1. The first-order chi connectivity index (χ1) is 12.0. The normalized spacial score (nSPS) is 20.4. The minimum atomic E-state index is 0.110. The number of thioether (sulfide) groups is 1. The standard InChI is InChI=1S/C20H27N3OS/c1-14-8-9-18(16(3)12-14)23-11-10-21-20(23)25-13-19(24)22-17-7-5-4-6-15(17)2/h8-12,15,17H,4-7,13H2,1-3H3,(H,22,24)/t15-,17-/m1/s1. The molecular formula is C20H27N3OS. The van der Waals surface area contributed by atoms with Crippen molar-refractivity contribution in [1.29, 1.82) is 0 Å². The smallest absolute Gasteiger partial charge is 0.230 e. The number of hydrogen-bond donors (Lipinski definition) is 1. The average molecular weight is 358 g/mol. The van der Waals surface area contributed by atoms with Gasteiger partial charge < -0.3 is 5.32 Å². The fourth-order valence-electron chi connectivity index (χ4n) is 3.56. The van der Waals surface area contributed by atoms with Crippen molar-refractivity contribution in [2.45, 2.75) is 57.7 Å². The summed E-state index contributed by atoms with van der Waals surface area (Å²) in [5.74, 6) is 1.10. The summed E-state index contributed by atoms with van der Waals surface area (Å²) >= 11 is 1.50. The van der Waals surface area contributed by atoms with Crippen molar-refractivity contribution in [3.8, 4) is 5.69 Å². The number of hydrogen-bond acceptors (Lipinski definition) is 3. The topological polar surface area (TPSA) is 46.9 Å². The first-order valence-electron chi connectivity index (χ1n) is 9.07. The summed E-state index contributed by atoms with van der Waals surface area (Å²) in [5.41, 5.74) is 3.57. The van der Waals surface area contributed by atoms with Gasteiger partial charge in [-0.05, 0) is 44.2 Å². The Kier molecular flexibility index (Phi) is 5.84. The number of rotatable bonds is 5. The lowest BCUT2D eigenvalue weighted by Crippen LogP contribution is -2.41. The highest BCUT2D eigenvalue weighted by Gasteiger charge is 2.23. The quantitative estimate of drug-likeness (QED) is 0.813. The van der Waals surface area contributed by atoms with Gasteiger partial charge in [-0.3, -0.25) is 9.36 Å². The summed E-state index contributed by atoms with van der Waals surface area (Å²) in [6.45, 7) is 6.44. The van der Waals surface area contributed by atoms with E-state index in [0.717, 1.165) is 17.3 Å². The molecule has 1 N–H and O–H groups in total. The van der Waals surface area contributed by atoms with Crippen molar-refractivity contribution < 1.29 is 4.79 Å². The van der Waals surface area contributed by atoms with Gasteiger partial charge in [0, 0.05) is 18.4 Å². The van der Waals surface area contributed by atoms with Crippen molar-refractivity contribution in [1.82, 2.24) is 14.9 Å².